The zero-order valence-electron chi connectivity index (χ0n) is 12.5. The van der Waals surface area contributed by atoms with E-state index in [1.165, 1.54) is 12.1 Å². The number of carbonyl (C=O) groups excluding carboxylic acids is 1. The third-order valence-corrected chi connectivity index (χ3v) is 3.56. The van der Waals surface area contributed by atoms with Crippen LogP contribution in [0.1, 0.15) is 21.5 Å². The van der Waals surface area contributed by atoms with Gasteiger partial charge in [-0.3, -0.25) is 14.9 Å². The normalized spacial score (nSPS) is 16.0. The van der Waals surface area contributed by atoms with E-state index in [-0.39, 0.29) is 23.1 Å². The monoisotopic (exact) mass is 313 g/mol. The summed E-state index contributed by atoms with van der Waals surface area (Å²) in [4.78, 5) is 23.2. The minimum atomic E-state index is -0.568. The maximum atomic E-state index is 12.5. The summed E-state index contributed by atoms with van der Waals surface area (Å²) in [5.74, 6) is -0.0265. The molecule has 1 fully saturated rings. The van der Waals surface area contributed by atoms with E-state index in [2.05, 4.69) is 0 Å². The van der Waals surface area contributed by atoms with Gasteiger partial charge in [-0.05, 0) is 19.1 Å². The minimum absolute atomic E-state index is 0.0499. The first kappa shape index (κ1) is 15.2. The lowest BCUT2D eigenvalue weighted by Gasteiger charge is -2.07. The molecule has 1 heterocycles. The molecule has 6 heteroatoms. The molecule has 1 aliphatic heterocycles. The summed E-state index contributed by atoms with van der Waals surface area (Å²) in [5.41, 5.74) is 1.22. The van der Waals surface area contributed by atoms with E-state index < -0.39 is 4.92 Å². The van der Waals surface area contributed by atoms with Crippen LogP contribution in [0.15, 0.2) is 42.5 Å². The molecule has 118 valence electrons. The highest BCUT2D eigenvalue weighted by molar-refractivity contribution is 6.11. The second-order valence-electron chi connectivity index (χ2n) is 5.40. The van der Waals surface area contributed by atoms with E-state index in [0.29, 0.717) is 24.5 Å². The Morgan fingerprint density at radius 1 is 1.30 bits per heavy atom. The van der Waals surface area contributed by atoms with Gasteiger partial charge in [-0.25, -0.2) is 0 Å². The molecule has 1 aliphatic rings. The van der Waals surface area contributed by atoms with E-state index in [1.54, 1.807) is 30.3 Å². The van der Waals surface area contributed by atoms with Crippen LogP contribution in [0.25, 0.3) is 0 Å². The van der Waals surface area contributed by atoms with E-state index in [0.717, 1.165) is 5.56 Å². The number of benzene rings is 2. The van der Waals surface area contributed by atoms with Crippen molar-refractivity contribution in [2.24, 2.45) is 0 Å². The average molecular weight is 313 g/mol. The van der Waals surface area contributed by atoms with Gasteiger partial charge in [0.25, 0.3) is 5.69 Å². The van der Waals surface area contributed by atoms with Crippen LogP contribution < -0.4 is 4.74 Å². The average Bonchev–Trinajstić information content (AvgIpc) is 3.37. The van der Waals surface area contributed by atoms with Gasteiger partial charge in [-0.1, -0.05) is 29.8 Å². The molecule has 0 saturated carbocycles. The number of nitro groups is 1. The van der Waals surface area contributed by atoms with E-state index in [1.807, 2.05) is 6.92 Å². The Hall–Kier alpha value is -2.73. The van der Waals surface area contributed by atoms with Gasteiger partial charge in [0.1, 0.15) is 24.0 Å². The molecule has 0 radical (unpaired) electrons. The topological polar surface area (TPSA) is 82.0 Å². The lowest BCUT2D eigenvalue weighted by atomic mass is 10.0. The lowest BCUT2D eigenvalue weighted by Crippen LogP contribution is -2.08. The number of nitro benzene ring substituents is 1. The lowest BCUT2D eigenvalue weighted by molar-refractivity contribution is -0.385. The standard InChI is InChI=1S/C17H15NO5/c1-11-2-4-12(5-3-11)17(19)15-7-6-13(8-16(15)18(20)21)22-9-14-10-23-14/h2-8,14H,9-10H2,1H3. The summed E-state index contributed by atoms with van der Waals surface area (Å²) in [6, 6.07) is 11.2. The molecule has 2 aromatic rings. The van der Waals surface area contributed by atoms with Gasteiger partial charge in [0.15, 0.2) is 5.78 Å². The van der Waals surface area contributed by atoms with Crippen molar-refractivity contribution in [1.82, 2.24) is 0 Å². The molecule has 0 aromatic heterocycles. The molecule has 0 amide bonds. The minimum Gasteiger partial charge on any atom is -0.491 e. The molecular weight excluding hydrogens is 298 g/mol. The summed E-state index contributed by atoms with van der Waals surface area (Å²) < 4.78 is 10.5. The van der Waals surface area contributed by atoms with Crippen molar-refractivity contribution in [2.75, 3.05) is 13.2 Å². The van der Waals surface area contributed by atoms with Crippen LogP contribution in [0.4, 0.5) is 5.69 Å². The van der Waals surface area contributed by atoms with Gasteiger partial charge in [-0.15, -0.1) is 0 Å². The van der Waals surface area contributed by atoms with Crippen molar-refractivity contribution in [2.45, 2.75) is 13.0 Å². The summed E-state index contributed by atoms with van der Waals surface area (Å²) in [6.07, 6.45) is 0.0583. The van der Waals surface area contributed by atoms with Crippen LogP contribution in [0, 0.1) is 17.0 Å². The second-order valence-corrected chi connectivity index (χ2v) is 5.40. The Morgan fingerprint density at radius 2 is 2.00 bits per heavy atom. The SMILES string of the molecule is Cc1ccc(C(=O)c2ccc(OCC3CO3)cc2[N+](=O)[O-])cc1. The number of ketones is 1. The van der Waals surface area contributed by atoms with Crippen molar-refractivity contribution in [3.05, 3.63) is 69.3 Å². The molecular formula is C17H15NO5. The maximum Gasteiger partial charge on any atom is 0.284 e. The first-order chi connectivity index (χ1) is 11.0. The zero-order valence-corrected chi connectivity index (χ0v) is 12.5. The summed E-state index contributed by atoms with van der Waals surface area (Å²) >= 11 is 0. The molecule has 23 heavy (non-hydrogen) atoms. The highest BCUT2D eigenvalue weighted by Crippen LogP contribution is 2.27. The number of hydrogen-bond donors (Lipinski definition) is 0. The van der Waals surface area contributed by atoms with E-state index in [9.17, 15) is 14.9 Å². The first-order valence-corrected chi connectivity index (χ1v) is 7.19. The predicted molar refractivity (Wildman–Crippen MR) is 82.9 cm³/mol. The van der Waals surface area contributed by atoms with Gasteiger partial charge < -0.3 is 9.47 Å². The van der Waals surface area contributed by atoms with Crippen molar-refractivity contribution in [3.8, 4) is 5.75 Å². The molecule has 1 atom stereocenters. The van der Waals surface area contributed by atoms with Crippen LogP contribution in [0.2, 0.25) is 0 Å². The van der Waals surface area contributed by atoms with Gasteiger partial charge in [0.05, 0.1) is 17.6 Å². The third kappa shape index (κ3) is 3.54. The number of nitrogens with zero attached hydrogens (tertiary/aromatic N) is 1. The maximum absolute atomic E-state index is 12.5. The van der Waals surface area contributed by atoms with Crippen LogP contribution in [0.3, 0.4) is 0 Å². The Bertz CT molecular complexity index is 750. The molecule has 1 unspecified atom stereocenters. The number of hydrogen-bond acceptors (Lipinski definition) is 5. The van der Waals surface area contributed by atoms with E-state index >= 15 is 0 Å². The Labute approximate surface area is 132 Å². The second kappa shape index (κ2) is 6.18. The molecule has 1 saturated heterocycles. The summed E-state index contributed by atoms with van der Waals surface area (Å²) in [7, 11) is 0. The van der Waals surface area contributed by atoms with Crippen LogP contribution in [-0.2, 0) is 4.74 Å². The van der Waals surface area contributed by atoms with Crippen molar-refractivity contribution in [1.29, 1.82) is 0 Å². The molecule has 0 bridgehead atoms. The zero-order chi connectivity index (χ0) is 16.4. The summed E-state index contributed by atoms with van der Waals surface area (Å²) in [5, 5.41) is 11.3. The Kier molecular flexibility index (Phi) is 4.08. The number of epoxide rings is 1. The number of aryl methyl sites for hydroxylation is 1. The van der Waals surface area contributed by atoms with Crippen LogP contribution in [-0.4, -0.2) is 30.0 Å². The smallest absolute Gasteiger partial charge is 0.284 e. The highest BCUT2D eigenvalue weighted by atomic mass is 16.6. The predicted octanol–water partition coefficient (Wildman–Crippen LogP) is 2.91. The quantitative estimate of drug-likeness (QED) is 0.354. The Balaban J connectivity index is 1.88. The molecule has 6 nitrogen and oxygen atoms in total. The highest BCUT2D eigenvalue weighted by Gasteiger charge is 2.25. The van der Waals surface area contributed by atoms with Crippen LogP contribution in [0.5, 0.6) is 5.75 Å². The van der Waals surface area contributed by atoms with Crippen LogP contribution >= 0.6 is 0 Å². The molecule has 0 aliphatic carbocycles. The number of ether oxygens (including phenoxy) is 2. The fraction of sp³-hybridized carbons (Fsp3) is 0.235. The van der Waals surface area contributed by atoms with E-state index in [4.69, 9.17) is 9.47 Å². The van der Waals surface area contributed by atoms with Crippen molar-refractivity contribution >= 4 is 11.5 Å². The first-order valence-electron chi connectivity index (χ1n) is 7.19. The Morgan fingerprint density at radius 3 is 2.61 bits per heavy atom. The third-order valence-electron chi connectivity index (χ3n) is 3.56. The van der Waals surface area contributed by atoms with Crippen molar-refractivity contribution < 1.29 is 19.2 Å². The fourth-order valence-electron chi connectivity index (χ4n) is 2.16. The summed E-state index contributed by atoms with van der Waals surface area (Å²) in [6.45, 7) is 2.90. The van der Waals surface area contributed by atoms with Gasteiger partial charge >= 0.3 is 0 Å². The number of rotatable bonds is 6. The number of carbonyl (C=O) groups is 1. The molecule has 2 aromatic carbocycles. The van der Waals surface area contributed by atoms with Gasteiger partial charge in [-0.2, -0.15) is 0 Å². The van der Waals surface area contributed by atoms with Gasteiger partial charge in [0.2, 0.25) is 0 Å². The largest absolute Gasteiger partial charge is 0.491 e. The van der Waals surface area contributed by atoms with Gasteiger partial charge in [0, 0.05) is 5.56 Å². The molecule has 0 N–H and O–H groups in total. The van der Waals surface area contributed by atoms with Crippen molar-refractivity contribution in [3.63, 3.8) is 0 Å². The fourth-order valence-corrected chi connectivity index (χ4v) is 2.16. The molecule has 0 spiro atoms. The molecule has 3 rings (SSSR count).